The molecule has 1 N–H and O–H groups in total. The van der Waals surface area contributed by atoms with Gasteiger partial charge in [0.05, 0.1) is 18.7 Å². The molecule has 0 atom stereocenters. The minimum absolute atomic E-state index is 0.00998. The maximum absolute atomic E-state index is 12.5. The third kappa shape index (κ3) is 5.77. The lowest BCUT2D eigenvalue weighted by molar-refractivity contribution is -0.116. The summed E-state index contributed by atoms with van der Waals surface area (Å²) >= 11 is 0. The summed E-state index contributed by atoms with van der Waals surface area (Å²) in [6, 6.07) is 20.3. The molecule has 1 saturated heterocycles. The molecule has 0 saturated carbocycles. The van der Waals surface area contributed by atoms with Crippen molar-refractivity contribution in [3.63, 3.8) is 0 Å². The molecule has 3 aromatic heterocycles. The maximum atomic E-state index is 12.5. The molecule has 8 heteroatoms. The van der Waals surface area contributed by atoms with E-state index >= 15 is 0 Å². The quantitative estimate of drug-likeness (QED) is 0.302. The number of anilines is 1. The van der Waals surface area contributed by atoms with Gasteiger partial charge in [0.2, 0.25) is 5.91 Å². The number of carbonyl (C=O) groups is 1. The van der Waals surface area contributed by atoms with Crippen molar-refractivity contribution in [2.24, 2.45) is 0 Å². The zero-order valence-electron chi connectivity index (χ0n) is 21.9. The van der Waals surface area contributed by atoms with Crippen LogP contribution in [0.1, 0.15) is 12.0 Å². The van der Waals surface area contributed by atoms with Gasteiger partial charge in [-0.05, 0) is 48.4 Å². The number of aromatic nitrogens is 4. The largest absolute Gasteiger partial charge is 0.379 e. The first kappa shape index (κ1) is 25.0. The molecule has 0 unspecified atom stereocenters. The molecular formula is C31H32N6O2. The van der Waals surface area contributed by atoms with Crippen LogP contribution in [0.5, 0.6) is 0 Å². The number of benzene rings is 2. The smallest absolute Gasteiger partial charge is 0.224 e. The molecule has 198 valence electrons. The number of aryl methyl sites for hydroxylation is 1. The summed E-state index contributed by atoms with van der Waals surface area (Å²) in [5, 5.41) is 4.17. The van der Waals surface area contributed by atoms with Crippen LogP contribution >= 0.6 is 0 Å². The number of para-hydroxylation sites is 1. The van der Waals surface area contributed by atoms with Gasteiger partial charge in [-0.25, -0.2) is 4.98 Å². The first-order valence-corrected chi connectivity index (χ1v) is 13.5. The van der Waals surface area contributed by atoms with Crippen molar-refractivity contribution in [2.45, 2.75) is 19.4 Å². The van der Waals surface area contributed by atoms with E-state index in [1.807, 2.05) is 42.6 Å². The maximum Gasteiger partial charge on any atom is 0.224 e. The Balaban J connectivity index is 1.19. The molecule has 4 heterocycles. The second-order valence-electron chi connectivity index (χ2n) is 9.78. The van der Waals surface area contributed by atoms with Crippen LogP contribution in [0.3, 0.4) is 0 Å². The zero-order valence-corrected chi connectivity index (χ0v) is 21.9. The highest BCUT2D eigenvalue weighted by Crippen LogP contribution is 2.32. The number of hydrogen-bond acceptors (Lipinski definition) is 5. The number of morpholine rings is 1. The first-order chi connectivity index (χ1) is 19.2. The van der Waals surface area contributed by atoms with Crippen molar-refractivity contribution in [1.82, 2.24) is 24.0 Å². The molecule has 1 amide bonds. The average Bonchev–Trinajstić information content (AvgIpc) is 3.61. The summed E-state index contributed by atoms with van der Waals surface area (Å²) in [4.78, 5) is 23.8. The third-order valence-electron chi connectivity index (χ3n) is 7.22. The van der Waals surface area contributed by atoms with Crippen molar-refractivity contribution in [1.29, 1.82) is 0 Å². The Morgan fingerprint density at radius 2 is 1.79 bits per heavy atom. The minimum Gasteiger partial charge on any atom is -0.379 e. The predicted octanol–water partition coefficient (Wildman–Crippen LogP) is 4.79. The molecule has 2 aromatic carbocycles. The van der Waals surface area contributed by atoms with Crippen LogP contribution < -0.4 is 5.32 Å². The van der Waals surface area contributed by atoms with E-state index in [-0.39, 0.29) is 5.91 Å². The van der Waals surface area contributed by atoms with Crippen LogP contribution in [0.4, 0.5) is 5.69 Å². The van der Waals surface area contributed by atoms with E-state index in [1.165, 1.54) is 0 Å². The van der Waals surface area contributed by atoms with Crippen LogP contribution in [0.2, 0.25) is 0 Å². The number of carbonyl (C=O) groups excluding carboxylic acids is 1. The summed E-state index contributed by atoms with van der Waals surface area (Å²) in [7, 11) is 0. The predicted molar refractivity (Wildman–Crippen MR) is 153 cm³/mol. The van der Waals surface area contributed by atoms with Gasteiger partial charge in [0, 0.05) is 85.9 Å². The van der Waals surface area contributed by atoms with Gasteiger partial charge in [-0.2, -0.15) is 0 Å². The Morgan fingerprint density at radius 3 is 2.62 bits per heavy atom. The number of fused-ring (bicyclic) bond motifs is 1. The number of imidazole rings is 1. The van der Waals surface area contributed by atoms with Crippen LogP contribution in [0, 0.1) is 0 Å². The summed E-state index contributed by atoms with van der Waals surface area (Å²) in [5.74, 6) is 0.958. The van der Waals surface area contributed by atoms with Crippen molar-refractivity contribution < 1.29 is 9.53 Å². The molecule has 0 aliphatic carbocycles. The minimum atomic E-state index is -0.00998. The number of amides is 1. The van der Waals surface area contributed by atoms with Gasteiger partial charge >= 0.3 is 0 Å². The monoisotopic (exact) mass is 520 g/mol. The molecule has 5 aromatic rings. The number of nitrogens with one attached hydrogen (secondary N) is 1. The number of ether oxygens (including phenoxy) is 1. The average molecular weight is 521 g/mol. The zero-order chi connectivity index (χ0) is 26.4. The lowest BCUT2D eigenvalue weighted by atomic mass is 10.1. The molecule has 1 aliphatic heterocycles. The van der Waals surface area contributed by atoms with Crippen LogP contribution in [0.15, 0.2) is 91.6 Å². The van der Waals surface area contributed by atoms with E-state index in [2.05, 4.69) is 61.0 Å². The number of hydrogen-bond donors (Lipinski definition) is 1. The molecule has 1 aliphatic rings. The van der Waals surface area contributed by atoms with Gasteiger partial charge < -0.3 is 19.2 Å². The fourth-order valence-electron chi connectivity index (χ4n) is 5.11. The van der Waals surface area contributed by atoms with Crippen molar-refractivity contribution in [3.05, 3.63) is 97.2 Å². The van der Waals surface area contributed by atoms with Crippen molar-refractivity contribution in [2.75, 3.05) is 38.2 Å². The first-order valence-electron chi connectivity index (χ1n) is 13.5. The Bertz CT molecular complexity index is 1530. The second-order valence-corrected chi connectivity index (χ2v) is 9.78. The molecule has 0 bridgehead atoms. The molecule has 0 spiro atoms. The van der Waals surface area contributed by atoms with Crippen LogP contribution in [-0.4, -0.2) is 62.8 Å². The lowest BCUT2D eigenvalue weighted by Crippen LogP contribution is -2.38. The van der Waals surface area contributed by atoms with Gasteiger partial charge in [-0.15, -0.1) is 0 Å². The molecule has 0 radical (unpaired) electrons. The Kier molecular flexibility index (Phi) is 7.47. The van der Waals surface area contributed by atoms with Gasteiger partial charge in [0.25, 0.3) is 0 Å². The van der Waals surface area contributed by atoms with E-state index in [0.717, 1.165) is 78.6 Å². The van der Waals surface area contributed by atoms with E-state index in [9.17, 15) is 4.79 Å². The highest BCUT2D eigenvalue weighted by atomic mass is 16.5. The van der Waals surface area contributed by atoms with Gasteiger partial charge in [0.1, 0.15) is 5.82 Å². The van der Waals surface area contributed by atoms with E-state index < -0.39 is 0 Å². The van der Waals surface area contributed by atoms with Gasteiger partial charge in [-0.1, -0.05) is 24.3 Å². The van der Waals surface area contributed by atoms with E-state index in [0.29, 0.717) is 12.8 Å². The second kappa shape index (κ2) is 11.6. The number of nitrogens with zero attached hydrogens (tertiary/aromatic N) is 5. The Labute approximate surface area is 227 Å². The summed E-state index contributed by atoms with van der Waals surface area (Å²) in [5.41, 5.74) is 5.08. The highest BCUT2D eigenvalue weighted by molar-refractivity contribution is 5.96. The van der Waals surface area contributed by atoms with Crippen LogP contribution in [0.25, 0.3) is 28.0 Å². The molecule has 6 rings (SSSR count). The van der Waals surface area contributed by atoms with E-state index in [1.54, 1.807) is 12.4 Å². The van der Waals surface area contributed by atoms with Gasteiger partial charge in [0.15, 0.2) is 0 Å². The molecule has 8 nitrogen and oxygen atoms in total. The third-order valence-corrected chi connectivity index (χ3v) is 7.22. The summed E-state index contributed by atoms with van der Waals surface area (Å²) < 4.78 is 9.93. The fraction of sp³-hybridized carbons (Fsp3) is 0.258. The molecular weight excluding hydrogens is 488 g/mol. The highest BCUT2D eigenvalue weighted by Gasteiger charge is 2.17. The number of rotatable bonds is 9. The fourth-order valence-corrected chi connectivity index (χ4v) is 5.11. The molecule has 39 heavy (non-hydrogen) atoms. The SMILES string of the molecule is O=C(CCc1cccnc1)Nc1ccc(-n2cc(-c3nccn3CCN3CCOCC3)c3ccccc32)cc1. The Hall–Kier alpha value is -4.27. The van der Waals surface area contributed by atoms with E-state index in [4.69, 9.17) is 9.72 Å². The van der Waals surface area contributed by atoms with Crippen molar-refractivity contribution in [3.8, 4) is 17.1 Å². The van der Waals surface area contributed by atoms with Crippen molar-refractivity contribution >= 4 is 22.5 Å². The standard InChI is InChI=1S/C31H32N6O2/c38-30(12-7-24-4-3-13-32-22-24)34-25-8-10-26(11-9-25)37-23-28(27-5-1-2-6-29(27)37)31-33-14-15-36(31)17-16-35-18-20-39-21-19-35/h1-6,8-11,13-15,22-23H,7,12,16-21H2,(H,34,38). The summed E-state index contributed by atoms with van der Waals surface area (Å²) in [6.45, 7) is 5.41. The molecule has 1 fully saturated rings. The van der Waals surface area contributed by atoms with Crippen LogP contribution in [-0.2, 0) is 22.5 Å². The van der Waals surface area contributed by atoms with Gasteiger partial charge in [-0.3, -0.25) is 14.7 Å². The normalized spacial score (nSPS) is 14.1. The number of pyridine rings is 1. The summed E-state index contributed by atoms with van der Waals surface area (Å²) in [6.07, 6.45) is 10.7. The lowest BCUT2D eigenvalue weighted by Gasteiger charge is -2.26. The Morgan fingerprint density at radius 1 is 0.949 bits per heavy atom. The topological polar surface area (TPSA) is 77.2 Å².